The zero-order valence-corrected chi connectivity index (χ0v) is 19.6. The molecule has 2 amide bonds. The number of carboxylic acids is 1. The number of ether oxygens (including phenoxy) is 1. The quantitative estimate of drug-likeness (QED) is 0.196. The van der Waals surface area contributed by atoms with Gasteiger partial charge in [0.15, 0.2) is 5.96 Å². The fourth-order valence-corrected chi connectivity index (χ4v) is 3.23. The highest BCUT2D eigenvalue weighted by atomic mass is 16.5. The summed E-state index contributed by atoms with van der Waals surface area (Å²) in [5.41, 5.74) is 0.725. The van der Waals surface area contributed by atoms with E-state index in [4.69, 9.17) is 4.74 Å². The first-order chi connectivity index (χ1) is 17.4. The highest BCUT2D eigenvalue weighted by Gasteiger charge is 2.21. The zero-order chi connectivity index (χ0) is 25.8. The van der Waals surface area contributed by atoms with Crippen LogP contribution in [0.15, 0.2) is 59.6 Å². The monoisotopic (exact) mass is 495 g/mol. The van der Waals surface area contributed by atoms with Gasteiger partial charge in [-0.15, -0.1) is 0 Å². The fourth-order valence-electron chi connectivity index (χ4n) is 3.23. The van der Waals surface area contributed by atoms with Crippen molar-refractivity contribution in [2.24, 2.45) is 4.99 Å². The van der Waals surface area contributed by atoms with Crippen LogP contribution in [0, 0.1) is 0 Å². The Hall–Kier alpha value is -4.54. The van der Waals surface area contributed by atoms with Crippen molar-refractivity contribution in [3.63, 3.8) is 0 Å². The summed E-state index contributed by atoms with van der Waals surface area (Å²) in [4.78, 5) is 40.4. The molecule has 2 aromatic rings. The Morgan fingerprint density at radius 1 is 1.17 bits per heavy atom. The first-order valence-electron chi connectivity index (χ1n) is 11.4. The number of hydrogen-bond donors (Lipinski definition) is 6. The number of benzene rings is 2. The number of rotatable bonds is 11. The second-order valence-corrected chi connectivity index (χ2v) is 7.82. The van der Waals surface area contributed by atoms with Crippen molar-refractivity contribution in [2.75, 3.05) is 32.8 Å². The molecule has 36 heavy (non-hydrogen) atoms. The molecule has 3 rings (SSSR count). The lowest BCUT2D eigenvalue weighted by Gasteiger charge is -2.16. The summed E-state index contributed by atoms with van der Waals surface area (Å²) in [5, 5.41) is 30.6. The number of hydrogen-bond acceptors (Lipinski definition) is 8. The van der Waals surface area contributed by atoms with Gasteiger partial charge in [0.1, 0.15) is 24.1 Å². The number of nitrogens with zero attached hydrogens (tertiary/aromatic N) is 1. The number of carboxylic acid groups (broad SMARTS) is 1. The molecule has 0 fully saturated rings. The molecule has 0 aliphatic carbocycles. The number of aliphatic imine (C=N–C) groups is 1. The number of phenolic OH excluding ortho intramolecular Hbond substituents is 1. The maximum absolute atomic E-state index is 12.5. The maximum atomic E-state index is 12.5. The minimum Gasteiger partial charge on any atom is -0.507 e. The predicted octanol–water partition coefficient (Wildman–Crippen LogP) is 0.723. The normalized spacial score (nSPS) is 13.7. The second-order valence-electron chi connectivity index (χ2n) is 7.82. The van der Waals surface area contributed by atoms with Gasteiger partial charge in [0.05, 0.1) is 12.1 Å². The third-order valence-corrected chi connectivity index (χ3v) is 5.08. The van der Waals surface area contributed by atoms with E-state index in [2.05, 4.69) is 26.3 Å². The van der Waals surface area contributed by atoms with Crippen molar-refractivity contribution >= 4 is 29.8 Å². The summed E-state index contributed by atoms with van der Waals surface area (Å²) in [5.74, 6) is -1.85. The average Bonchev–Trinajstić information content (AvgIpc) is 2.88. The van der Waals surface area contributed by atoms with Crippen LogP contribution in [0.2, 0.25) is 0 Å². The molecule has 11 nitrogen and oxygen atoms in total. The first kappa shape index (κ1) is 26.1. The third kappa shape index (κ3) is 8.35. The molecular formula is C25H29N5O6. The van der Waals surface area contributed by atoms with Crippen LogP contribution in [0.3, 0.4) is 0 Å². The molecule has 1 atom stereocenters. The van der Waals surface area contributed by atoms with Crippen molar-refractivity contribution in [1.29, 1.82) is 0 Å². The van der Waals surface area contributed by atoms with Crippen LogP contribution in [0.1, 0.15) is 22.3 Å². The van der Waals surface area contributed by atoms with Gasteiger partial charge >= 0.3 is 5.97 Å². The van der Waals surface area contributed by atoms with Crippen molar-refractivity contribution in [2.45, 2.75) is 12.5 Å². The zero-order valence-electron chi connectivity index (χ0n) is 19.6. The van der Waals surface area contributed by atoms with Gasteiger partial charge in [0, 0.05) is 31.8 Å². The molecule has 0 saturated carbocycles. The van der Waals surface area contributed by atoms with Crippen LogP contribution in [0.4, 0.5) is 0 Å². The van der Waals surface area contributed by atoms with Gasteiger partial charge in [0.2, 0.25) is 5.91 Å². The molecule has 0 bridgehead atoms. The lowest BCUT2D eigenvalue weighted by Crippen LogP contribution is -2.48. The van der Waals surface area contributed by atoms with E-state index >= 15 is 0 Å². The number of nitrogens with one attached hydrogen (secondary N) is 4. The van der Waals surface area contributed by atoms with Gasteiger partial charge in [0.25, 0.3) is 5.91 Å². The van der Waals surface area contributed by atoms with Crippen LogP contribution in [0.25, 0.3) is 6.08 Å². The Morgan fingerprint density at radius 3 is 2.67 bits per heavy atom. The largest absolute Gasteiger partial charge is 0.507 e. The lowest BCUT2D eigenvalue weighted by molar-refractivity contribution is -0.141. The van der Waals surface area contributed by atoms with Crippen molar-refractivity contribution in [1.82, 2.24) is 21.3 Å². The maximum Gasteiger partial charge on any atom is 0.328 e. The SMILES string of the molecule is O=C(C=Cc1ccccc1)N[C@@H](CNC(=O)c1ccc(OCCNC2=NCCCN2)cc1O)C(=O)O. The molecule has 0 radical (unpaired) electrons. The summed E-state index contributed by atoms with van der Waals surface area (Å²) in [6.07, 6.45) is 3.76. The minimum atomic E-state index is -1.36. The van der Waals surface area contributed by atoms with Crippen LogP contribution in [0.5, 0.6) is 11.5 Å². The van der Waals surface area contributed by atoms with Gasteiger partial charge < -0.3 is 36.2 Å². The molecule has 2 aromatic carbocycles. The van der Waals surface area contributed by atoms with Gasteiger partial charge in [-0.1, -0.05) is 30.3 Å². The number of phenols is 1. The van der Waals surface area contributed by atoms with E-state index in [1.165, 1.54) is 24.3 Å². The highest BCUT2D eigenvalue weighted by Crippen LogP contribution is 2.23. The van der Waals surface area contributed by atoms with Crippen LogP contribution in [-0.4, -0.2) is 72.8 Å². The van der Waals surface area contributed by atoms with E-state index in [9.17, 15) is 24.6 Å². The minimum absolute atomic E-state index is 0.0549. The first-order valence-corrected chi connectivity index (χ1v) is 11.4. The average molecular weight is 496 g/mol. The molecule has 1 heterocycles. The Labute approximate surface area is 208 Å². The molecular weight excluding hydrogens is 466 g/mol. The van der Waals surface area contributed by atoms with Gasteiger partial charge in [-0.3, -0.25) is 14.6 Å². The van der Waals surface area contributed by atoms with E-state index in [0.717, 1.165) is 31.0 Å². The number of carbonyl (C=O) groups excluding carboxylic acids is 2. The third-order valence-electron chi connectivity index (χ3n) is 5.08. The molecule has 190 valence electrons. The summed E-state index contributed by atoms with van der Waals surface area (Å²) >= 11 is 0. The summed E-state index contributed by atoms with van der Waals surface area (Å²) < 4.78 is 5.57. The predicted molar refractivity (Wildman–Crippen MR) is 134 cm³/mol. The fraction of sp³-hybridized carbons (Fsp3) is 0.280. The van der Waals surface area contributed by atoms with Crippen LogP contribution >= 0.6 is 0 Å². The van der Waals surface area contributed by atoms with Crippen molar-refractivity contribution < 1.29 is 29.3 Å². The number of amides is 2. The number of aromatic hydroxyl groups is 1. The molecule has 1 aliphatic heterocycles. The molecule has 6 N–H and O–H groups in total. The summed E-state index contributed by atoms with van der Waals surface area (Å²) in [6.45, 7) is 2.08. The highest BCUT2D eigenvalue weighted by molar-refractivity contribution is 5.98. The van der Waals surface area contributed by atoms with Crippen LogP contribution < -0.4 is 26.0 Å². The molecule has 0 saturated heterocycles. The topological polar surface area (TPSA) is 161 Å². The Kier molecular flexibility index (Phi) is 9.69. The van der Waals surface area contributed by atoms with E-state index < -0.39 is 23.8 Å². The lowest BCUT2D eigenvalue weighted by atomic mass is 10.1. The Morgan fingerprint density at radius 2 is 1.97 bits per heavy atom. The number of carbonyl (C=O) groups is 3. The Balaban J connectivity index is 1.46. The van der Waals surface area contributed by atoms with Gasteiger partial charge in [-0.25, -0.2) is 4.79 Å². The molecule has 0 aromatic heterocycles. The van der Waals surface area contributed by atoms with Gasteiger partial charge in [-0.2, -0.15) is 0 Å². The molecule has 0 unspecified atom stereocenters. The van der Waals surface area contributed by atoms with Crippen molar-refractivity contribution in [3.8, 4) is 11.5 Å². The smallest absolute Gasteiger partial charge is 0.328 e. The summed E-state index contributed by atoms with van der Waals surface area (Å²) in [7, 11) is 0. The molecule has 11 heteroatoms. The second kappa shape index (κ2) is 13.4. The molecule has 1 aliphatic rings. The number of aliphatic carboxylic acids is 1. The summed E-state index contributed by atoms with van der Waals surface area (Å²) in [6, 6.07) is 11.9. The van der Waals surface area contributed by atoms with E-state index in [1.54, 1.807) is 18.2 Å². The van der Waals surface area contributed by atoms with Crippen molar-refractivity contribution in [3.05, 3.63) is 65.7 Å². The van der Waals surface area contributed by atoms with Crippen LogP contribution in [-0.2, 0) is 9.59 Å². The molecule has 0 spiro atoms. The van der Waals surface area contributed by atoms with Gasteiger partial charge in [-0.05, 0) is 30.2 Å². The standard InChI is InChI=1S/C25H29N5O6/c31-21-15-18(36-14-13-28-25-26-11-4-12-27-25)8-9-19(21)23(33)29-16-20(24(34)35)30-22(32)10-7-17-5-2-1-3-6-17/h1-3,5-10,15,20,31H,4,11-14,16H2,(H,29,33)(H,30,32)(H,34,35)(H2,26,27,28)/t20-/m0/s1. The Bertz CT molecular complexity index is 1120. The van der Waals surface area contributed by atoms with E-state index in [0.29, 0.717) is 18.9 Å². The number of guanidine groups is 1. The van der Waals surface area contributed by atoms with E-state index in [-0.39, 0.29) is 17.9 Å². The van der Waals surface area contributed by atoms with E-state index in [1.807, 2.05) is 18.2 Å².